The number of rotatable bonds is 5. The molecule has 1 atom stereocenters. The number of pyridine rings is 1. The van der Waals surface area contributed by atoms with Gasteiger partial charge in [-0.2, -0.15) is 0 Å². The van der Waals surface area contributed by atoms with E-state index in [1.807, 2.05) is 0 Å². The average Bonchev–Trinajstić information content (AvgIpc) is 2.62. The van der Waals surface area contributed by atoms with Crippen molar-refractivity contribution >= 4 is 11.8 Å². The second-order valence-electron chi connectivity index (χ2n) is 5.85. The van der Waals surface area contributed by atoms with Gasteiger partial charge in [-0.25, -0.2) is 4.79 Å². The zero-order valence-electron chi connectivity index (χ0n) is 14.0. The number of allylic oxidation sites excluding steroid dienone is 2. The van der Waals surface area contributed by atoms with Gasteiger partial charge in [-0.3, -0.25) is 9.78 Å². The Morgan fingerprint density at radius 1 is 1.32 bits per heavy atom. The van der Waals surface area contributed by atoms with Crippen molar-refractivity contribution in [2.45, 2.75) is 25.2 Å². The van der Waals surface area contributed by atoms with E-state index in [0.29, 0.717) is 19.3 Å². The number of carbonyl (C=O) groups is 2. The van der Waals surface area contributed by atoms with Crippen LogP contribution >= 0.6 is 0 Å². The molecule has 0 unspecified atom stereocenters. The molecule has 2 heterocycles. The van der Waals surface area contributed by atoms with Gasteiger partial charge in [0.2, 0.25) is 5.88 Å². The predicted molar refractivity (Wildman–Crippen MR) is 88.0 cm³/mol. The monoisotopic (exact) mass is 344 g/mol. The fraction of sp³-hybridized carbons (Fsp3) is 0.389. The van der Waals surface area contributed by atoms with Gasteiger partial charge >= 0.3 is 5.97 Å². The lowest BCUT2D eigenvalue weighted by atomic mass is 9.78. The summed E-state index contributed by atoms with van der Waals surface area (Å²) < 4.78 is 15.7. The van der Waals surface area contributed by atoms with Gasteiger partial charge < -0.3 is 19.9 Å². The third kappa shape index (κ3) is 3.41. The molecule has 25 heavy (non-hydrogen) atoms. The van der Waals surface area contributed by atoms with Crippen molar-refractivity contribution in [3.05, 3.63) is 52.9 Å². The molecule has 3 rings (SSSR count). The highest BCUT2D eigenvalue weighted by atomic mass is 16.6. The molecule has 1 aliphatic carbocycles. The molecular formula is C18H20N2O5. The lowest BCUT2D eigenvalue weighted by Gasteiger charge is -2.32. The van der Waals surface area contributed by atoms with Crippen LogP contribution in [0.4, 0.5) is 0 Å². The number of ether oxygens (including phenoxy) is 3. The van der Waals surface area contributed by atoms with Crippen molar-refractivity contribution in [3.8, 4) is 0 Å². The maximum atomic E-state index is 12.6. The number of hydrogen-bond donors (Lipinski definition) is 1. The van der Waals surface area contributed by atoms with E-state index in [0.717, 1.165) is 11.1 Å². The van der Waals surface area contributed by atoms with E-state index in [9.17, 15) is 9.59 Å². The third-order valence-electron chi connectivity index (χ3n) is 4.29. The molecule has 2 aliphatic rings. The Labute approximate surface area is 145 Å². The Bertz CT molecular complexity index is 739. The molecule has 1 aromatic rings. The molecule has 0 aromatic carbocycles. The summed E-state index contributed by atoms with van der Waals surface area (Å²) in [5, 5.41) is 0. The number of nitrogens with zero attached hydrogens (tertiary/aromatic N) is 1. The number of hydrogen-bond acceptors (Lipinski definition) is 7. The van der Waals surface area contributed by atoms with Crippen LogP contribution in [-0.2, 0) is 23.8 Å². The fourth-order valence-electron chi connectivity index (χ4n) is 3.16. The molecule has 0 amide bonds. The number of carbonyl (C=O) groups excluding carboxylic acids is 2. The Morgan fingerprint density at radius 3 is 2.80 bits per heavy atom. The summed E-state index contributed by atoms with van der Waals surface area (Å²) in [7, 11) is 1.52. The van der Waals surface area contributed by atoms with E-state index in [1.165, 1.54) is 7.11 Å². The zero-order valence-corrected chi connectivity index (χ0v) is 14.0. The molecule has 0 radical (unpaired) electrons. The van der Waals surface area contributed by atoms with E-state index >= 15 is 0 Å². The fourth-order valence-corrected chi connectivity index (χ4v) is 3.16. The van der Waals surface area contributed by atoms with Gasteiger partial charge in [-0.05, 0) is 36.1 Å². The van der Waals surface area contributed by atoms with Crippen LogP contribution in [0.3, 0.4) is 0 Å². The topological polar surface area (TPSA) is 101 Å². The van der Waals surface area contributed by atoms with Crippen molar-refractivity contribution in [1.82, 2.24) is 4.98 Å². The summed E-state index contributed by atoms with van der Waals surface area (Å²) in [5.41, 5.74) is 7.82. The van der Waals surface area contributed by atoms with Crippen LogP contribution in [0.1, 0.15) is 30.7 Å². The second-order valence-corrected chi connectivity index (χ2v) is 5.85. The zero-order chi connectivity index (χ0) is 17.8. The van der Waals surface area contributed by atoms with E-state index in [2.05, 4.69) is 4.98 Å². The highest BCUT2D eigenvalue weighted by Crippen LogP contribution is 2.44. The first-order chi connectivity index (χ1) is 12.1. The first kappa shape index (κ1) is 17.2. The SMILES string of the molecule is COCCOC(=O)C1=C(N)OC2=C(CCCC2=O)[C@@H]1c1ccncc1. The van der Waals surface area contributed by atoms with Gasteiger partial charge in [0.05, 0.1) is 6.61 Å². The Hall–Kier alpha value is -2.67. The first-order valence-electron chi connectivity index (χ1n) is 8.13. The van der Waals surface area contributed by atoms with Gasteiger partial charge in [0.15, 0.2) is 11.5 Å². The highest BCUT2D eigenvalue weighted by Gasteiger charge is 2.40. The Morgan fingerprint density at radius 2 is 2.08 bits per heavy atom. The van der Waals surface area contributed by atoms with Gasteiger partial charge in [0.25, 0.3) is 0 Å². The number of aromatic nitrogens is 1. The highest BCUT2D eigenvalue weighted by molar-refractivity contribution is 5.98. The van der Waals surface area contributed by atoms with Crippen molar-refractivity contribution in [1.29, 1.82) is 0 Å². The molecule has 1 aromatic heterocycles. The predicted octanol–water partition coefficient (Wildman–Crippen LogP) is 1.56. The summed E-state index contributed by atoms with van der Waals surface area (Å²) in [4.78, 5) is 28.9. The lowest BCUT2D eigenvalue weighted by molar-refractivity contribution is -0.141. The van der Waals surface area contributed by atoms with Gasteiger partial charge in [-0.1, -0.05) is 0 Å². The van der Waals surface area contributed by atoms with Gasteiger partial charge in [0.1, 0.15) is 12.2 Å². The van der Waals surface area contributed by atoms with Crippen LogP contribution in [0.2, 0.25) is 0 Å². The van der Waals surface area contributed by atoms with Crippen molar-refractivity contribution in [2.24, 2.45) is 5.73 Å². The molecule has 2 N–H and O–H groups in total. The van der Waals surface area contributed by atoms with Gasteiger partial charge in [0, 0.05) is 31.8 Å². The Balaban J connectivity index is 2.01. The maximum Gasteiger partial charge on any atom is 0.340 e. The average molecular weight is 344 g/mol. The van der Waals surface area contributed by atoms with Crippen LogP contribution in [0, 0.1) is 0 Å². The number of esters is 1. The minimum absolute atomic E-state index is 0.0850. The molecule has 1 aliphatic heterocycles. The summed E-state index contributed by atoms with van der Waals surface area (Å²) in [6.45, 7) is 0.395. The van der Waals surface area contributed by atoms with E-state index in [1.54, 1.807) is 24.5 Å². The molecule has 0 fully saturated rings. The molecule has 0 saturated heterocycles. The van der Waals surface area contributed by atoms with Crippen LogP contribution in [0.5, 0.6) is 0 Å². The van der Waals surface area contributed by atoms with Crippen LogP contribution in [0.15, 0.2) is 47.3 Å². The van der Waals surface area contributed by atoms with Crippen LogP contribution in [0.25, 0.3) is 0 Å². The van der Waals surface area contributed by atoms with E-state index in [-0.39, 0.29) is 36.2 Å². The Kier molecular flexibility index (Phi) is 5.14. The van der Waals surface area contributed by atoms with Gasteiger partial charge in [-0.15, -0.1) is 0 Å². The second kappa shape index (κ2) is 7.48. The largest absolute Gasteiger partial charge is 0.460 e. The van der Waals surface area contributed by atoms with Crippen molar-refractivity contribution in [3.63, 3.8) is 0 Å². The number of nitrogens with two attached hydrogens (primary N) is 1. The molecule has 132 valence electrons. The normalized spacial score (nSPS) is 20.2. The van der Waals surface area contributed by atoms with E-state index < -0.39 is 11.9 Å². The van der Waals surface area contributed by atoms with E-state index in [4.69, 9.17) is 19.9 Å². The van der Waals surface area contributed by atoms with Crippen molar-refractivity contribution in [2.75, 3.05) is 20.3 Å². The first-order valence-corrected chi connectivity index (χ1v) is 8.13. The summed E-state index contributed by atoms with van der Waals surface area (Å²) in [5.74, 6) is -0.945. The molecule has 0 saturated carbocycles. The smallest absolute Gasteiger partial charge is 0.340 e. The third-order valence-corrected chi connectivity index (χ3v) is 4.29. The molecule has 0 spiro atoms. The summed E-state index contributed by atoms with van der Waals surface area (Å²) in [6, 6.07) is 3.60. The quantitative estimate of drug-likeness (QED) is 0.639. The van der Waals surface area contributed by atoms with Crippen molar-refractivity contribution < 1.29 is 23.8 Å². The van der Waals surface area contributed by atoms with Crippen LogP contribution in [-0.4, -0.2) is 37.1 Å². The molecule has 7 nitrogen and oxygen atoms in total. The van der Waals surface area contributed by atoms with Crippen LogP contribution < -0.4 is 5.73 Å². The minimum Gasteiger partial charge on any atom is -0.460 e. The summed E-state index contributed by atoms with van der Waals surface area (Å²) >= 11 is 0. The lowest BCUT2D eigenvalue weighted by Crippen LogP contribution is -2.31. The molecule has 7 heteroatoms. The molecular weight excluding hydrogens is 324 g/mol. The standard InChI is InChI=1S/C18H20N2O5/c1-23-9-10-24-18(22)15-14(11-5-7-20-8-6-11)12-3-2-4-13(21)16(12)25-17(15)19/h5-8,14H,2-4,9-10,19H2,1H3/t14-/m0/s1. The number of ketones is 1. The maximum absolute atomic E-state index is 12.6. The number of Topliss-reactive ketones (excluding diaryl/α,β-unsaturated/α-hetero) is 1. The number of methoxy groups -OCH3 is 1. The summed E-state index contributed by atoms with van der Waals surface area (Å²) in [6.07, 6.45) is 5.08. The molecule has 0 bridgehead atoms. The minimum atomic E-state index is -0.569.